The number of hydrogen-bond acceptors (Lipinski definition) is 4. The smallest absolute Gasteiger partial charge is 0.348 e. The van der Waals surface area contributed by atoms with E-state index >= 15 is 0 Å². The summed E-state index contributed by atoms with van der Waals surface area (Å²) in [5.41, 5.74) is 1.38. The molecule has 0 bridgehead atoms. The van der Waals surface area contributed by atoms with Crippen LogP contribution in [-0.2, 0) is 9.53 Å². The van der Waals surface area contributed by atoms with Crippen molar-refractivity contribution in [1.82, 2.24) is 0 Å². The van der Waals surface area contributed by atoms with Gasteiger partial charge in [-0.1, -0.05) is 12.1 Å². The molecule has 0 radical (unpaired) electrons. The Bertz CT molecular complexity index is 480. The van der Waals surface area contributed by atoms with Crippen molar-refractivity contribution in [2.75, 3.05) is 14.2 Å². The van der Waals surface area contributed by atoms with E-state index in [2.05, 4.69) is 4.74 Å². The van der Waals surface area contributed by atoms with Gasteiger partial charge < -0.3 is 9.47 Å². The van der Waals surface area contributed by atoms with Crippen LogP contribution >= 0.6 is 0 Å². The summed E-state index contributed by atoms with van der Waals surface area (Å²) in [7, 11) is 2.83. The lowest BCUT2D eigenvalue weighted by atomic mass is 10.0. The van der Waals surface area contributed by atoms with Crippen LogP contribution in [0.2, 0.25) is 0 Å². The van der Waals surface area contributed by atoms with E-state index in [1.165, 1.54) is 7.11 Å². The van der Waals surface area contributed by atoms with Crippen LogP contribution in [0, 0.1) is 11.3 Å². The van der Waals surface area contributed by atoms with Crippen molar-refractivity contribution in [1.29, 1.82) is 5.26 Å². The van der Waals surface area contributed by atoms with Gasteiger partial charge in [0, 0.05) is 0 Å². The van der Waals surface area contributed by atoms with Gasteiger partial charge in [-0.2, -0.15) is 5.26 Å². The zero-order chi connectivity index (χ0) is 12.8. The van der Waals surface area contributed by atoms with Crippen LogP contribution in [0.1, 0.15) is 12.5 Å². The van der Waals surface area contributed by atoms with Crippen molar-refractivity contribution < 1.29 is 14.3 Å². The van der Waals surface area contributed by atoms with Crippen molar-refractivity contribution >= 4 is 11.5 Å². The highest BCUT2D eigenvalue weighted by Gasteiger charge is 2.13. The number of nitrogens with zero attached hydrogens (tertiary/aromatic N) is 1. The second kappa shape index (κ2) is 5.71. The lowest BCUT2D eigenvalue weighted by Crippen LogP contribution is -2.05. The first kappa shape index (κ1) is 12.8. The van der Waals surface area contributed by atoms with Gasteiger partial charge >= 0.3 is 5.97 Å². The van der Waals surface area contributed by atoms with E-state index in [1.54, 1.807) is 38.3 Å². The summed E-state index contributed by atoms with van der Waals surface area (Å²) < 4.78 is 9.58. The summed E-state index contributed by atoms with van der Waals surface area (Å²) in [5, 5.41) is 8.93. The van der Waals surface area contributed by atoms with Crippen molar-refractivity contribution in [3.05, 3.63) is 35.4 Å². The third kappa shape index (κ3) is 2.85. The van der Waals surface area contributed by atoms with Gasteiger partial charge in [0.05, 0.1) is 14.2 Å². The molecule has 0 aliphatic rings. The summed E-state index contributed by atoms with van der Waals surface area (Å²) in [6.45, 7) is 1.71. The fourth-order valence-corrected chi connectivity index (χ4v) is 1.37. The zero-order valence-corrected chi connectivity index (χ0v) is 9.98. The lowest BCUT2D eigenvalue weighted by molar-refractivity contribution is -0.135. The molecule has 1 aromatic rings. The number of rotatable bonds is 3. The van der Waals surface area contributed by atoms with E-state index in [9.17, 15) is 4.79 Å². The Kier molecular flexibility index (Phi) is 4.29. The molecule has 1 aromatic carbocycles. The predicted octanol–water partition coefficient (Wildman–Crippen LogP) is 2.17. The molecule has 0 unspecified atom stereocenters. The quantitative estimate of drug-likeness (QED) is 0.454. The summed E-state index contributed by atoms with van der Waals surface area (Å²) in [5.74, 6) is 0.0962. The number of nitriles is 1. The van der Waals surface area contributed by atoms with Gasteiger partial charge in [0.1, 0.15) is 17.4 Å². The first-order valence-electron chi connectivity index (χ1n) is 4.97. The molecule has 0 saturated heterocycles. The van der Waals surface area contributed by atoms with E-state index in [1.807, 2.05) is 6.07 Å². The molecular weight excluding hydrogens is 218 g/mol. The van der Waals surface area contributed by atoms with Crippen molar-refractivity contribution in [3.8, 4) is 11.8 Å². The molecule has 88 valence electrons. The average Bonchev–Trinajstić information content (AvgIpc) is 2.39. The third-order valence-electron chi connectivity index (χ3n) is 2.40. The number of esters is 1. The molecule has 0 saturated carbocycles. The highest BCUT2D eigenvalue weighted by atomic mass is 16.5. The summed E-state index contributed by atoms with van der Waals surface area (Å²) in [6, 6.07) is 8.96. The van der Waals surface area contributed by atoms with Crippen LogP contribution in [0.15, 0.2) is 29.8 Å². The fourth-order valence-electron chi connectivity index (χ4n) is 1.37. The topological polar surface area (TPSA) is 59.3 Å². The molecule has 0 heterocycles. The Morgan fingerprint density at radius 3 is 2.24 bits per heavy atom. The number of hydrogen-bond donors (Lipinski definition) is 0. The Morgan fingerprint density at radius 1 is 1.24 bits per heavy atom. The second-order valence-corrected chi connectivity index (χ2v) is 3.33. The Morgan fingerprint density at radius 2 is 1.82 bits per heavy atom. The molecule has 0 aliphatic heterocycles. The molecule has 0 aromatic heterocycles. The van der Waals surface area contributed by atoms with Crippen LogP contribution in [0.4, 0.5) is 0 Å². The van der Waals surface area contributed by atoms with E-state index in [0.717, 1.165) is 11.3 Å². The second-order valence-electron chi connectivity index (χ2n) is 3.33. The molecule has 0 amide bonds. The third-order valence-corrected chi connectivity index (χ3v) is 2.40. The number of ether oxygens (including phenoxy) is 2. The maximum atomic E-state index is 11.4. The first-order valence-corrected chi connectivity index (χ1v) is 4.97. The Hall–Kier alpha value is -2.28. The van der Waals surface area contributed by atoms with Crippen molar-refractivity contribution in [2.45, 2.75) is 6.92 Å². The zero-order valence-electron chi connectivity index (χ0n) is 9.98. The van der Waals surface area contributed by atoms with Gasteiger partial charge in [0.25, 0.3) is 0 Å². The standard InChI is InChI=1S/C13H13NO3/c1-9(12(8-14)13(15)17-3)10-4-6-11(16-2)7-5-10/h4-7H,1-3H3. The minimum Gasteiger partial charge on any atom is -0.497 e. The summed E-state index contributed by atoms with van der Waals surface area (Å²) in [4.78, 5) is 11.4. The van der Waals surface area contributed by atoms with E-state index in [4.69, 9.17) is 10.00 Å². The van der Waals surface area contributed by atoms with Gasteiger partial charge in [0.2, 0.25) is 0 Å². The lowest BCUT2D eigenvalue weighted by Gasteiger charge is -2.05. The van der Waals surface area contributed by atoms with Crippen LogP contribution in [0.5, 0.6) is 5.75 Å². The van der Waals surface area contributed by atoms with Crippen LogP contribution in [0.3, 0.4) is 0 Å². The van der Waals surface area contributed by atoms with E-state index in [-0.39, 0.29) is 5.57 Å². The molecule has 0 N–H and O–H groups in total. The molecule has 4 heteroatoms. The average molecular weight is 231 g/mol. The van der Waals surface area contributed by atoms with Gasteiger partial charge in [0.15, 0.2) is 0 Å². The van der Waals surface area contributed by atoms with Crippen LogP contribution < -0.4 is 4.74 Å². The van der Waals surface area contributed by atoms with Gasteiger partial charge in [-0.25, -0.2) is 4.79 Å². The largest absolute Gasteiger partial charge is 0.497 e. The maximum Gasteiger partial charge on any atom is 0.348 e. The molecule has 0 fully saturated rings. The Labute approximate surface area is 100 Å². The molecular formula is C13H13NO3. The summed E-state index contributed by atoms with van der Waals surface area (Å²) >= 11 is 0. The monoisotopic (exact) mass is 231 g/mol. The number of carbonyl (C=O) groups is 1. The minimum absolute atomic E-state index is 0.0117. The summed E-state index contributed by atoms with van der Waals surface area (Å²) in [6.07, 6.45) is 0. The SMILES string of the molecule is COC(=O)C(C#N)=C(C)c1ccc(OC)cc1. The molecule has 17 heavy (non-hydrogen) atoms. The number of carbonyl (C=O) groups excluding carboxylic acids is 1. The molecule has 0 spiro atoms. The molecule has 4 nitrogen and oxygen atoms in total. The normalized spacial score (nSPS) is 11.2. The molecule has 1 rings (SSSR count). The van der Waals surface area contributed by atoms with Crippen LogP contribution in [0.25, 0.3) is 5.57 Å². The van der Waals surface area contributed by atoms with E-state index in [0.29, 0.717) is 5.57 Å². The van der Waals surface area contributed by atoms with Gasteiger partial charge in [-0.3, -0.25) is 0 Å². The number of benzene rings is 1. The highest BCUT2D eigenvalue weighted by Crippen LogP contribution is 2.21. The highest BCUT2D eigenvalue weighted by molar-refractivity contribution is 6.01. The van der Waals surface area contributed by atoms with Crippen molar-refractivity contribution in [3.63, 3.8) is 0 Å². The fraction of sp³-hybridized carbons (Fsp3) is 0.231. The van der Waals surface area contributed by atoms with Crippen LogP contribution in [-0.4, -0.2) is 20.2 Å². The number of allylic oxidation sites excluding steroid dienone is 1. The molecule has 0 aliphatic carbocycles. The van der Waals surface area contributed by atoms with Crippen molar-refractivity contribution in [2.24, 2.45) is 0 Å². The van der Waals surface area contributed by atoms with E-state index < -0.39 is 5.97 Å². The van der Waals surface area contributed by atoms with Gasteiger partial charge in [-0.05, 0) is 30.2 Å². The number of methoxy groups -OCH3 is 2. The predicted molar refractivity (Wildman–Crippen MR) is 63.2 cm³/mol. The molecule has 0 atom stereocenters. The minimum atomic E-state index is -0.624. The maximum absolute atomic E-state index is 11.4. The Balaban J connectivity index is 3.17. The van der Waals surface area contributed by atoms with Gasteiger partial charge in [-0.15, -0.1) is 0 Å². The first-order chi connectivity index (χ1) is 8.13.